The quantitative estimate of drug-likeness (QED) is 0.420. The van der Waals surface area contributed by atoms with Crippen LogP contribution in [0.25, 0.3) is 0 Å². The number of aryl methyl sites for hydroxylation is 1. The van der Waals surface area contributed by atoms with E-state index in [9.17, 15) is 13.2 Å². The van der Waals surface area contributed by atoms with Crippen molar-refractivity contribution < 1.29 is 22.7 Å². The smallest absolute Gasteiger partial charge is 0.224 e. The van der Waals surface area contributed by atoms with Gasteiger partial charge < -0.3 is 9.47 Å². The monoisotopic (exact) mass is 469 g/mol. The van der Waals surface area contributed by atoms with Crippen LogP contribution in [0.2, 0.25) is 0 Å². The lowest BCUT2D eigenvalue weighted by molar-refractivity contribution is 0.0979. The summed E-state index contributed by atoms with van der Waals surface area (Å²) < 4.78 is 38.8. The third-order valence-corrected chi connectivity index (χ3v) is 7.30. The molecule has 0 aliphatic rings. The lowest BCUT2D eigenvalue weighted by atomic mass is 10.2. The fourth-order valence-corrected chi connectivity index (χ4v) is 4.65. The van der Waals surface area contributed by atoms with Crippen molar-refractivity contribution in [2.45, 2.75) is 32.2 Å². The molecule has 0 aliphatic carbocycles. The Morgan fingerprint density at radius 3 is 1.70 bits per heavy atom. The molecule has 33 heavy (non-hydrogen) atoms. The minimum absolute atomic E-state index is 0.0880. The largest absolute Gasteiger partial charge is 0.497 e. The van der Waals surface area contributed by atoms with Gasteiger partial charge in [0.25, 0.3) is 0 Å². The third kappa shape index (κ3) is 5.94. The van der Waals surface area contributed by atoms with Crippen LogP contribution in [-0.4, -0.2) is 47.9 Å². The molecule has 1 aromatic heterocycles. The molecule has 0 fully saturated rings. The summed E-state index contributed by atoms with van der Waals surface area (Å²) in [7, 11) is -0.914. The van der Waals surface area contributed by atoms with Crippen LogP contribution < -0.4 is 9.47 Å². The predicted octanol–water partition coefficient (Wildman–Crippen LogP) is 3.41. The van der Waals surface area contributed by atoms with Gasteiger partial charge in [-0.25, -0.2) is 18.4 Å². The van der Waals surface area contributed by atoms with E-state index >= 15 is 0 Å². The number of ketones is 1. The van der Waals surface area contributed by atoms with Crippen LogP contribution in [0.15, 0.2) is 60.9 Å². The summed E-state index contributed by atoms with van der Waals surface area (Å²) in [5.41, 5.74) is 2.31. The molecule has 2 aromatic carbocycles. The lowest BCUT2D eigenvalue weighted by Crippen LogP contribution is -2.41. The van der Waals surface area contributed by atoms with Gasteiger partial charge in [-0.1, -0.05) is 24.3 Å². The average Bonchev–Trinajstić information content (AvgIpc) is 2.84. The number of carbonyl (C=O) groups excluding carboxylic acids is 1. The van der Waals surface area contributed by atoms with Gasteiger partial charge in [-0.05, 0) is 54.8 Å². The zero-order valence-electron chi connectivity index (χ0n) is 19.1. The molecule has 0 spiro atoms. The number of nitrogens with zero attached hydrogens (tertiary/aromatic N) is 3. The number of benzene rings is 2. The van der Waals surface area contributed by atoms with Crippen molar-refractivity contribution >= 4 is 15.8 Å². The van der Waals surface area contributed by atoms with E-state index in [2.05, 4.69) is 9.97 Å². The highest BCUT2D eigenvalue weighted by Gasteiger charge is 2.35. The summed E-state index contributed by atoms with van der Waals surface area (Å²) in [5.74, 6) is 0.571. The minimum atomic E-state index is -4.05. The Labute approximate surface area is 194 Å². The van der Waals surface area contributed by atoms with Crippen molar-refractivity contribution in [3.63, 3.8) is 0 Å². The number of hydrogen-bond donors (Lipinski definition) is 0. The molecule has 174 valence electrons. The predicted molar refractivity (Wildman–Crippen MR) is 125 cm³/mol. The maximum absolute atomic E-state index is 13.6. The van der Waals surface area contributed by atoms with Crippen LogP contribution in [0.3, 0.4) is 0 Å². The number of carbonyl (C=O) groups is 1. The van der Waals surface area contributed by atoms with Gasteiger partial charge in [-0.15, -0.1) is 0 Å². The number of methoxy groups -OCH3 is 2. The normalized spacial score (nSPS) is 12.4. The number of aromatic nitrogens is 2. The van der Waals surface area contributed by atoms with E-state index in [0.717, 1.165) is 16.7 Å². The summed E-state index contributed by atoms with van der Waals surface area (Å²) >= 11 is 0. The summed E-state index contributed by atoms with van der Waals surface area (Å²) in [6.45, 7) is 3.34. The van der Waals surface area contributed by atoms with Crippen molar-refractivity contribution in [3.8, 4) is 11.5 Å². The first kappa shape index (κ1) is 24.3. The van der Waals surface area contributed by atoms with E-state index < -0.39 is 21.1 Å². The highest BCUT2D eigenvalue weighted by atomic mass is 32.2. The second-order valence-electron chi connectivity index (χ2n) is 7.60. The van der Waals surface area contributed by atoms with Crippen molar-refractivity contribution in [1.82, 2.24) is 14.3 Å². The van der Waals surface area contributed by atoms with E-state index in [1.165, 1.54) is 23.6 Å². The Balaban J connectivity index is 1.91. The summed E-state index contributed by atoms with van der Waals surface area (Å²) in [6, 6.07) is 14.3. The number of rotatable bonds is 10. The molecular weight excluding hydrogens is 442 g/mol. The third-order valence-electron chi connectivity index (χ3n) is 5.21. The number of sulfonamides is 1. The van der Waals surface area contributed by atoms with Crippen LogP contribution in [0.1, 0.15) is 34.2 Å². The zero-order valence-corrected chi connectivity index (χ0v) is 19.9. The molecule has 0 aliphatic heterocycles. The molecule has 0 saturated carbocycles. The van der Waals surface area contributed by atoms with Gasteiger partial charge in [-0.2, -0.15) is 4.31 Å². The van der Waals surface area contributed by atoms with E-state index in [1.807, 2.05) is 0 Å². The van der Waals surface area contributed by atoms with E-state index in [-0.39, 0.29) is 18.9 Å². The Morgan fingerprint density at radius 2 is 1.30 bits per heavy atom. The van der Waals surface area contributed by atoms with Crippen LogP contribution in [-0.2, 0) is 23.1 Å². The van der Waals surface area contributed by atoms with Gasteiger partial charge in [0.1, 0.15) is 16.7 Å². The van der Waals surface area contributed by atoms with Crippen LogP contribution in [0.5, 0.6) is 11.5 Å². The maximum Gasteiger partial charge on any atom is 0.224 e. The Hall–Kier alpha value is -3.30. The Bertz CT molecular complexity index is 1130. The minimum Gasteiger partial charge on any atom is -0.497 e. The highest BCUT2D eigenvalue weighted by Crippen LogP contribution is 2.22. The first-order chi connectivity index (χ1) is 15.7. The van der Waals surface area contributed by atoms with Crippen molar-refractivity contribution in [3.05, 3.63) is 83.4 Å². The molecule has 3 aromatic rings. The number of Topliss-reactive ketones (excluding diaryl/α,β-unsaturated/α-hetero) is 1. The molecule has 0 unspecified atom stereocenters. The molecule has 8 nitrogen and oxygen atoms in total. The molecular formula is C24H27N3O5S. The first-order valence-corrected chi connectivity index (χ1v) is 11.8. The van der Waals surface area contributed by atoms with E-state index in [1.54, 1.807) is 69.7 Å². The van der Waals surface area contributed by atoms with Crippen molar-refractivity contribution in [2.75, 3.05) is 14.2 Å². The summed E-state index contributed by atoms with van der Waals surface area (Å²) in [5, 5.41) is -1.35. The second-order valence-corrected chi connectivity index (χ2v) is 9.85. The van der Waals surface area contributed by atoms with Gasteiger partial charge in [0.15, 0.2) is 5.82 Å². The summed E-state index contributed by atoms with van der Waals surface area (Å²) in [6.07, 6.45) is 2.98. The second kappa shape index (κ2) is 10.5. The lowest BCUT2D eigenvalue weighted by Gasteiger charge is -2.25. The van der Waals surface area contributed by atoms with E-state index in [4.69, 9.17) is 9.47 Å². The van der Waals surface area contributed by atoms with Gasteiger partial charge in [0.05, 0.1) is 14.2 Å². The fourth-order valence-electron chi connectivity index (χ4n) is 3.17. The zero-order chi connectivity index (χ0) is 24.0. The molecule has 1 heterocycles. The maximum atomic E-state index is 13.6. The molecule has 0 radical (unpaired) electrons. The topological polar surface area (TPSA) is 98.7 Å². The molecule has 9 heteroatoms. The average molecular weight is 470 g/mol. The Kier molecular flexibility index (Phi) is 7.78. The first-order valence-electron chi connectivity index (χ1n) is 10.3. The molecule has 3 rings (SSSR count). The van der Waals surface area contributed by atoms with Crippen LogP contribution in [0.4, 0.5) is 0 Å². The molecule has 0 N–H and O–H groups in total. The van der Waals surface area contributed by atoms with Gasteiger partial charge >= 0.3 is 0 Å². The van der Waals surface area contributed by atoms with Crippen LogP contribution >= 0.6 is 0 Å². The number of ether oxygens (including phenoxy) is 2. The number of hydrogen-bond acceptors (Lipinski definition) is 7. The molecule has 0 bridgehead atoms. The fraction of sp³-hybridized carbons (Fsp3) is 0.292. The highest BCUT2D eigenvalue weighted by molar-refractivity contribution is 7.90. The van der Waals surface area contributed by atoms with Gasteiger partial charge in [0, 0.05) is 25.5 Å². The molecule has 1 atom stereocenters. The van der Waals surface area contributed by atoms with Crippen LogP contribution in [0, 0.1) is 6.92 Å². The van der Waals surface area contributed by atoms with Crippen molar-refractivity contribution in [2.24, 2.45) is 0 Å². The van der Waals surface area contributed by atoms with Gasteiger partial charge in [-0.3, -0.25) is 4.79 Å². The van der Waals surface area contributed by atoms with Crippen molar-refractivity contribution in [1.29, 1.82) is 0 Å². The standard InChI is InChI=1S/C24H27N3O5S/c1-17-13-25-24(26-14-17)23(28)18(2)33(29,30)27(15-19-5-9-21(31-3)10-6-19)16-20-7-11-22(32-4)12-8-20/h5-14,18H,15-16H2,1-4H3/t18-/m0/s1. The molecule has 0 amide bonds. The summed E-state index contributed by atoms with van der Waals surface area (Å²) in [4.78, 5) is 20.9. The SMILES string of the molecule is COc1ccc(CN(Cc2ccc(OC)cc2)S(=O)(=O)[C@@H](C)C(=O)c2ncc(C)cn2)cc1. The van der Waals surface area contributed by atoms with Gasteiger partial charge in [0.2, 0.25) is 15.8 Å². The molecule has 0 saturated heterocycles. The Morgan fingerprint density at radius 1 is 0.879 bits per heavy atom. The van der Waals surface area contributed by atoms with E-state index in [0.29, 0.717) is 11.5 Å².